The van der Waals surface area contributed by atoms with Crippen molar-refractivity contribution in [2.75, 3.05) is 62.3 Å². The number of benzene rings is 2. The van der Waals surface area contributed by atoms with Gasteiger partial charge in [-0.2, -0.15) is 9.97 Å². The van der Waals surface area contributed by atoms with E-state index in [9.17, 15) is 19.0 Å². The van der Waals surface area contributed by atoms with Crippen LogP contribution >= 0.6 is 11.6 Å². The summed E-state index contributed by atoms with van der Waals surface area (Å²) in [5.74, 6) is 0.209. The smallest absolute Gasteiger partial charge is 0.318 e. The lowest BCUT2D eigenvalue weighted by Crippen LogP contribution is -2.44. The quantitative estimate of drug-likeness (QED) is 0.437. The van der Waals surface area contributed by atoms with Crippen LogP contribution in [-0.2, 0) is 17.7 Å². The highest BCUT2D eigenvalue weighted by molar-refractivity contribution is 6.36. The molecule has 2 N–H and O–H groups in total. The molecule has 3 aromatic rings. The monoisotopic (exact) mass is 615 g/mol. The Labute approximate surface area is 254 Å². The van der Waals surface area contributed by atoms with Gasteiger partial charge in [-0.25, -0.2) is 8.78 Å². The molecule has 9 nitrogen and oxygen atoms in total. The van der Waals surface area contributed by atoms with Crippen molar-refractivity contribution in [3.05, 3.63) is 46.4 Å². The lowest BCUT2D eigenvalue weighted by Gasteiger charge is -2.35. The largest absolute Gasteiger partial charge is 0.508 e. The number of ether oxygens (including phenoxy) is 2. The minimum atomic E-state index is -1.07. The van der Waals surface area contributed by atoms with Gasteiger partial charge in [0.25, 0.3) is 0 Å². The lowest BCUT2D eigenvalue weighted by atomic mass is 9.95. The fraction of sp³-hybridized carbons (Fsp3) is 0.548. The third-order valence-corrected chi connectivity index (χ3v) is 9.68. The summed E-state index contributed by atoms with van der Waals surface area (Å²) in [6, 6.07) is 6.27. The van der Waals surface area contributed by atoms with Crippen molar-refractivity contribution in [1.82, 2.24) is 14.9 Å². The molecule has 0 spiro atoms. The van der Waals surface area contributed by atoms with Crippen LogP contribution in [0.2, 0.25) is 5.02 Å². The number of phenolic OH excluding ortho intramolecular Hbond substituents is 1. The number of alkyl halides is 1. The highest BCUT2D eigenvalue weighted by atomic mass is 35.5. The third-order valence-electron chi connectivity index (χ3n) is 9.32. The number of aromatic hydroxyl groups is 1. The first-order chi connectivity index (χ1) is 20.6. The molecule has 5 heterocycles. The summed E-state index contributed by atoms with van der Waals surface area (Å²) >= 11 is 6.45. The van der Waals surface area contributed by atoms with E-state index in [4.69, 9.17) is 31.0 Å². The number of aliphatic hydroxyl groups is 1. The molecule has 0 aliphatic carbocycles. The van der Waals surface area contributed by atoms with Gasteiger partial charge in [0, 0.05) is 43.1 Å². The van der Waals surface area contributed by atoms with Crippen LogP contribution in [0.15, 0.2) is 24.3 Å². The molecule has 2 aromatic carbocycles. The summed E-state index contributed by atoms with van der Waals surface area (Å²) < 4.78 is 41.0. The fourth-order valence-electron chi connectivity index (χ4n) is 7.36. The topological polar surface area (TPSA) is 94.4 Å². The van der Waals surface area contributed by atoms with Crippen LogP contribution in [0.3, 0.4) is 0 Å². The van der Waals surface area contributed by atoms with E-state index in [0.717, 1.165) is 30.6 Å². The molecule has 1 aromatic heterocycles. The Bertz CT molecular complexity index is 1560. The van der Waals surface area contributed by atoms with Gasteiger partial charge in [0.15, 0.2) is 0 Å². The number of halogens is 3. The highest BCUT2D eigenvalue weighted by Crippen LogP contribution is 2.42. The van der Waals surface area contributed by atoms with Gasteiger partial charge in [0.2, 0.25) is 0 Å². The summed E-state index contributed by atoms with van der Waals surface area (Å²) in [7, 11) is 0. The molecule has 4 aliphatic rings. The second kappa shape index (κ2) is 10.9. The van der Waals surface area contributed by atoms with Gasteiger partial charge in [-0.3, -0.25) is 4.90 Å². The molecular formula is C31H36ClF2N5O4. The molecule has 7 rings (SSSR count). The molecule has 3 saturated heterocycles. The van der Waals surface area contributed by atoms with Crippen LogP contribution < -0.4 is 14.5 Å². The van der Waals surface area contributed by atoms with E-state index in [1.807, 2.05) is 9.80 Å². The fourth-order valence-corrected chi connectivity index (χ4v) is 7.63. The van der Waals surface area contributed by atoms with Crippen LogP contribution in [0.25, 0.3) is 10.8 Å². The summed E-state index contributed by atoms with van der Waals surface area (Å²) in [6.45, 7) is 5.74. The molecule has 0 saturated carbocycles. The van der Waals surface area contributed by atoms with Crippen molar-refractivity contribution in [3.63, 3.8) is 0 Å². The number of rotatable bonds is 5. The van der Waals surface area contributed by atoms with E-state index < -0.39 is 17.6 Å². The Morgan fingerprint density at radius 3 is 2.91 bits per heavy atom. The zero-order valence-corrected chi connectivity index (χ0v) is 24.9. The molecule has 12 heteroatoms. The second-order valence-electron chi connectivity index (χ2n) is 12.7. The summed E-state index contributed by atoms with van der Waals surface area (Å²) in [5, 5.41) is 22.6. The summed E-state index contributed by atoms with van der Waals surface area (Å²) in [4.78, 5) is 16.0. The zero-order valence-electron chi connectivity index (χ0n) is 24.2. The molecule has 4 aliphatic heterocycles. The van der Waals surface area contributed by atoms with Crippen LogP contribution in [0.5, 0.6) is 11.8 Å². The van der Waals surface area contributed by atoms with Gasteiger partial charge in [-0.1, -0.05) is 17.7 Å². The molecular weight excluding hydrogens is 580 g/mol. The van der Waals surface area contributed by atoms with Crippen LogP contribution in [0, 0.1) is 5.82 Å². The molecule has 3 fully saturated rings. The molecule has 0 bridgehead atoms. The number of β-amino-alcohol motifs (C(OH)–C–C–N with tert-alkyl or cyclic N) is 1. The van der Waals surface area contributed by atoms with Crippen molar-refractivity contribution in [2.45, 2.75) is 56.5 Å². The molecule has 0 radical (unpaired) electrons. The average Bonchev–Trinajstić information content (AvgIpc) is 3.43. The van der Waals surface area contributed by atoms with Gasteiger partial charge in [-0.05, 0) is 50.2 Å². The SMILES string of the molecule is CC1(O)COCCN(c2nc(OC[C@@]34CCCN3C[C@H](F)C4)nc3c2CCN(c2cc(O)cc4ccc(F)c(Cl)c24)C3)C1. The van der Waals surface area contributed by atoms with E-state index in [0.29, 0.717) is 81.1 Å². The van der Waals surface area contributed by atoms with Crippen molar-refractivity contribution in [3.8, 4) is 11.8 Å². The average molecular weight is 616 g/mol. The standard InChI is InChI=1S/C31H36ClF2N5O4/c1-30(41)16-38(9-10-42-17-30)28-22-5-8-37(25-12-21(40)11-19-3-4-23(34)27(32)26(19)25)15-24(22)35-29(36-28)43-18-31-6-2-7-39(31)14-20(33)13-31/h3-4,11-12,20,40-41H,2,5-10,13-18H2,1H3/t20-,30?,31+/m1/s1. The first-order valence-electron chi connectivity index (χ1n) is 14.9. The minimum absolute atomic E-state index is 0.000554. The Balaban J connectivity index is 1.26. The maximum Gasteiger partial charge on any atom is 0.318 e. The van der Waals surface area contributed by atoms with Gasteiger partial charge < -0.3 is 29.5 Å². The van der Waals surface area contributed by atoms with Gasteiger partial charge in [0.05, 0.1) is 48.2 Å². The molecule has 1 unspecified atom stereocenters. The first-order valence-corrected chi connectivity index (χ1v) is 15.3. The van der Waals surface area contributed by atoms with E-state index in [1.165, 1.54) is 6.07 Å². The predicted molar refractivity (Wildman–Crippen MR) is 160 cm³/mol. The number of phenols is 1. The second-order valence-corrected chi connectivity index (χ2v) is 13.1. The van der Waals surface area contributed by atoms with Crippen LogP contribution in [-0.4, -0.2) is 94.9 Å². The third kappa shape index (κ3) is 5.34. The first kappa shape index (κ1) is 28.8. The van der Waals surface area contributed by atoms with Crippen molar-refractivity contribution in [2.24, 2.45) is 0 Å². The number of aromatic nitrogens is 2. The van der Waals surface area contributed by atoms with E-state index in [2.05, 4.69) is 4.90 Å². The van der Waals surface area contributed by atoms with E-state index in [1.54, 1.807) is 25.1 Å². The summed E-state index contributed by atoms with van der Waals surface area (Å²) in [5.41, 5.74) is 0.857. The Morgan fingerprint density at radius 2 is 2.05 bits per heavy atom. The highest BCUT2D eigenvalue weighted by Gasteiger charge is 2.49. The predicted octanol–water partition coefficient (Wildman–Crippen LogP) is 4.23. The van der Waals surface area contributed by atoms with Gasteiger partial charge in [-0.15, -0.1) is 0 Å². The summed E-state index contributed by atoms with van der Waals surface area (Å²) in [6.07, 6.45) is 2.01. The van der Waals surface area contributed by atoms with Crippen LogP contribution in [0.1, 0.15) is 37.4 Å². The van der Waals surface area contributed by atoms with Gasteiger partial charge in [0.1, 0.15) is 35.8 Å². The Morgan fingerprint density at radius 1 is 1.19 bits per heavy atom. The maximum absolute atomic E-state index is 14.6. The normalized spacial score (nSPS) is 27.8. The minimum Gasteiger partial charge on any atom is -0.508 e. The molecule has 43 heavy (non-hydrogen) atoms. The van der Waals surface area contributed by atoms with E-state index in [-0.39, 0.29) is 28.9 Å². The number of hydrogen-bond donors (Lipinski definition) is 2. The molecule has 230 valence electrons. The lowest BCUT2D eigenvalue weighted by molar-refractivity contribution is -0.0123. The Kier molecular flexibility index (Phi) is 7.27. The number of fused-ring (bicyclic) bond motifs is 3. The maximum atomic E-state index is 14.6. The molecule has 3 atom stereocenters. The zero-order chi connectivity index (χ0) is 29.9. The van der Waals surface area contributed by atoms with Gasteiger partial charge >= 0.3 is 6.01 Å². The Hall–Kier alpha value is -2.99. The number of nitrogens with zero attached hydrogens (tertiary/aromatic N) is 5. The van der Waals surface area contributed by atoms with Crippen molar-refractivity contribution < 1.29 is 28.5 Å². The van der Waals surface area contributed by atoms with E-state index >= 15 is 0 Å². The van der Waals surface area contributed by atoms with Crippen molar-refractivity contribution in [1.29, 1.82) is 0 Å². The number of anilines is 2. The molecule has 0 amide bonds. The van der Waals surface area contributed by atoms with Crippen molar-refractivity contribution >= 4 is 33.9 Å². The van der Waals surface area contributed by atoms with Crippen LogP contribution in [0.4, 0.5) is 20.3 Å². The number of hydrogen-bond acceptors (Lipinski definition) is 9.